The number of carbonyl (C=O) groups is 2. The highest BCUT2D eigenvalue weighted by Crippen LogP contribution is 2.18. The number of nitrogens with one attached hydrogen (secondary N) is 3. The maximum absolute atomic E-state index is 12.5. The normalized spacial score (nSPS) is 16.3. The molecule has 1 heterocycles. The molecule has 2 aromatic rings. The van der Waals surface area contributed by atoms with E-state index in [4.69, 9.17) is 0 Å². The van der Waals surface area contributed by atoms with Gasteiger partial charge in [-0.15, -0.1) is 0 Å². The molecule has 2 aromatic carbocycles. The molecule has 148 valence electrons. The van der Waals surface area contributed by atoms with Crippen LogP contribution in [-0.2, 0) is 4.79 Å². The number of urea groups is 1. The molecule has 1 aliphatic heterocycles. The first-order chi connectivity index (χ1) is 13.7. The van der Waals surface area contributed by atoms with E-state index in [0.29, 0.717) is 19.6 Å². The van der Waals surface area contributed by atoms with Gasteiger partial charge in [-0.2, -0.15) is 0 Å². The van der Waals surface area contributed by atoms with Crippen molar-refractivity contribution >= 4 is 23.3 Å². The largest absolute Gasteiger partial charge is 0.385 e. The summed E-state index contributed by atoms with van der Waals surface area (Å²) in [6, 6.07) is 19.3. The van der Waals surface area contributed by atoms with Gasteiger partial charge >= 0.3 is 6.03 Å². The summed E-state index contributed by atoms with van der Waals surface area (Å²) in [5.74, 6) is -0.103. The second-order valence-corrected chi connectivity index (χ2v) is 7.02. The van der Waals surface area contributed by atoms with Crippen molar-refractivity contribution in [3.8, 4) is 0 Å². The van der Waals surface area contributed by atoms with Crippen LogP contribution in [0.1, 0.15) is 19.3 Å². The van der Waals surface area contributed by atoms with Crippen molar-refractivity contribution in [1.82, 2.24) is 10.2 Å². The Morgan fingerprint density at radius 2 is 1.61 bits per heavy atom. The Bertz CT molecular complexity index is 752. The van der Waals surface area contributed by atoms with E-state index in [2.05, 4.69) is 16.0 Å². The van der Waals surface area contributed by atoms with Crippen molar-refractivity contribution in [2.45, 2.75) is 19.3 Å². The number of amides is 3. The number of para-hydroxylation sites is 2. The summed E-state index contributed by atoms with van der Waals surface area (Å²) < 4.78 is 0. The quantitative estimate of drug-likeness (QED) is 0.643. The Kier molecular flexibility index (Phi) is 7.29. The maximum Gasteiger partial charge on any atom is 0.321 e. The van der Waals surface area contributed by atoms with Crippen LogP contribution in [0.2, 0.25) is 0 Å². The molecule has 1 fully saturated rings. The molecule has 6 heteroatoms. The van der Waals surface area contributed by atoms with Crippen molar-refractivity contribution in [3.63, 3.8) is 0 Å². The van der Waals surface area contributed by atoms with Gasteiger partial charge in [-0.3, -0.25) is 4.79 Å². The molecule has 0 aromatic heterocycles. The molecule has 1 aliphatic rings. The first-order valence-electron chi connectivity index (χ1n) is 9.90. The van der Waals surface area contributed by atoms with Gasteiger partial charge in [0.15, 0.2) is 0 Å². The lowest BCUT2D eigenvalue weighted by Gasteiger charge is -2.32. The molecule has 6 nitrogen and oxygen atoms in total. The lowest BCUT2D eigenvalue weighted by atomic mass is 9.97. The molecule has 3 amide bonds. The van der Waals surface area contributed by atoms with Gasteiger partial charge in [0, 0.05) is 37.6 Å². The Balaban J connectivity index is 1.37. The molecule has 0 aliphatic carbocycles. The third-order valence-electron chi connectivity index (χ3n) is 4.86. The third-order valence-corrected chi connectivity index (χ3v) is 4.86. The SMILES string of the molecule is O=C(NCCCNc1ccccc1)C1CCCN(C(=O)Nc2ccccc2)C1. The summed E-state index contributed by atoms with van der Waals surface area (Å²) in [6.07, 6.45) is 2.52. The zero-order chi connectivity index (χ0) is 19.6. The zero-order valence-corrected chi connectivity index (χ0v) is 16.1. The number of hydrogen-bond acceptors (Lipinski definition) is 3. The fraction of sp³-hybridized carbons (Fsp3) is 0.364. The minimum Gasteiger partial charge on any atom is -0.385 e. The van der Waals surface area contributed by atoms with E-state index in [1.807, 2.05) is 60.7 Å². The van der Waals surface area contributed by atoms with Gasteiger partial charge in [-0.05, 0) is 43.5 Å². The molecule has 0 spiro atoms. The van der Waals surface area contributed by atoms with Gasteiger partial charge in [0.25, 0.3) is 0 Å². The van der Waals surface area contributed by atoms with Crippen LogP contribution in [-0.4, -0.2) is 43.0 Å². The molecular weight excluding hydrogens is 352 g/mol. The minimum atomic E-state index is -0.143. The molecule has 1 unspecified atom stereocenters. The van der Waals surface area contributed by atoms with Crippen LogP contribution < -0.4 is 16.0 Å². The van der Waals surface area contributed by atoms with Gasteiger partial charge in [0.2, 0.25) is 5.91 Å². The van der Waals surface area contributed by atoms with E-state index < -0.39 is 0 Å². The van der Waals surface area contributed by atoms with Crippen LogP contribution in [0.25, 0.3) is 0 Å². The third kappa shape index (κ3) is 6.01. The summed E-state index contributed by atoms with van der Waals surface area (Å²) >= 11 is 0. The predicted octanol–water partition coefficient (Wildman–Crippen LogP) is 3.55. The van der Waals surface area contributed by atoms with E-state index in [0.717, 1.165) is 37.2 Å². The van der Waals surface area contributed by atoms with Gasteiger partial charge in [0.1, 0.15) is 0 Å². The van der Waals surface area contributed by atoms with Crippen molar-refractivity contribution in [2.24, 2.45) is 5.92 Å². The number of carbonyl (C=O) groups excluding carboxylic acids is 2. The number of benzene rings is 2. The fourth-order valence-electron chi connectivity index (χ4n) is 3.33. The maximum atomic E-state index is 12.5. The monoisotopic (exact) mass is 380 g/mol. The first-order valence-corrected chi connectivity index (χ1v) is 9.90. The number of anilines is 2. The van der Waals surface area contributed by atoms with Crippen molar-refractivity contribution in [1.29, 1.82) is 0 Å². The van der Waals surface area contributed by atoms with Crippen molar-refractivity contribution in [2.75, 3.05) is 36.8 Å². The fourth-order valence-corrected chi connectivity index (χ4v) is 3.33. The van der Waals surface area contributed by atoms with Crippen LogP contribution in [0.4, 0.5) is 16.2 Å². The van der Waals surface area contributed by atoms with Crippen molar-refractivity contribution < 1.29 is 9.59 Å². The summed E-state index contributed by atoms with van der Waals surface area (Å²) in [6.45, 7) is 2.59. The highest BCUT2D eigenvalue weighted by atomic mass is 16.2. The highest BCUT2D eigenvalue weighted by molar-refractivity contribution is 5.90. The molecule has 0 bridgehead atoms. The number of likely N-dealkylation sites (tertiary alicyclic amines) is 1. The molecule has 0 radical (unpaired) electrons. The Morgan fingerprint density at radius 3 is 2.32 bits per heavy atom. The molecule has 28 heavy (non-hydrogen) atoms. The standard InChI is InChI=1S/C22H28N4O2/c27-21(24-15-8-14-23-19-10-3-1-4-11-19)18-9-7-16-26(17-18)22(28)25-20-12-5-2-6-13-20/h1-6,10-13,18,23H,7-9,14-17H2,(H,24,27)(H,25,28). The van der Waals surface area contributed by atoms with Gasteiger partial charge in [-0.1, -0.05) is 36.4 Å². The van der Waals surface area contributed by atoms with Gasteiger partial charge < -0.3 is 20.9 Å². The Morgan fingerprint density at radius 1 is 0.929 bits per heavy atom. The van der Waals surface area contributed by atoms with Crippen LogP contribution >= 0.6 is 0 Å². The smallest absolute Gasteiger partial charge is 0.321 e. The molecule has 0 saturated carbocycles. The second kappa shape index (κ2) is 10.3. The first kappa shape index (κ1) is 19.7. The van der Waals surface area contributed by atoms with E-state index in [1.54, 1.807) is 4.90 Å². The second-order valence-electron chi connectivity index (χ2n) is 7.02. The average molecular weight is 380 g/mol. The van der Waals surface area contributed by atoms with E-state index in [1.165, 1.54) is 0 Å². The molecule has 1 saturated heterocycles. The van der Waals surface area contributed by atoms with Crippen LogP contribution in [0, 0.1) is 5.92 Å². The van der Waals surface area contributed by atoms with Crippen LogP contribution in [0.5, 0.6) is 0 Å². The number of piperidine rings is 1. The summed E-state index contributed by atoms with van der Waals surface area (Å²) in [4.78, 5) is 26.6. The summed E-state index contributed by atoms with van der Waals surface area (Å²) in [7, 11) is 0. The topological polar surface area (TPSA) is 73.5 Å². The number of rotatable bonds is 7. The molecule has 3 N–H and O–H groups in total. The van der Waals surface area contributed by atoms with E-state index in [9.17, 15) is 9.59 Å². The zero-order valence-electron chi connectivity index (χ0n) is 16.1. The summed E-state index contributed by atoms with van der Waals surface area (Å²) in [5.41, 5.74) is 1.85. The van der Waals surface area contributed by atoms with Crippen molar-refractivity contribution in [3.05, 3.63) is 60.7 Å². The van der Waals surface area contributed by atoms with Crippen LogP contribution in [0.15, 0.2) is 60.7 Å². The van der Waals surface area contributed by atoms with Gasteiger partial charge in [-0.25, -0.2) is 4.79 Å². The van der Waals surface area contributed by atoms with Gasteiger partial charge in [0.05, 0.1) is 5.92 Å². The van der Waals surface area contributed by atoms with E-state index in [-0.39, 0.29) is 17.9 Å². The predicted molar refractivity (Wildman–Crippen MR) is 112 cm³/mol. The lowest BCUT2D eigenvalue weighted by Crippen LogP contribution is -2.47. The molecule has 1 atom stereocenters. The van der Waals surface area contributed by atoms with E-state index >= 15 is 0 Å². The number of hydrogen-bond donors (Lipinski definition) is 3. The number of nitrogens with zero attached hydrogens (tertiary/aromatic N) is 1. The van der Waals surface area contributed by atoms with Crippen LogP contribution in [0.3, 0.4) is 0 Å². The molecule has 3 rings (SSSR count). The Labute approximate surface area is 166 Å². The highest BCUT2D eigenvalue weighted by Gasteiger charge is 2.28. The Hall–Kier alpha value is -3.02. The minimum absolute atomic E-state index is 0.0388. The summed E-state index contributed by atoms with van der Waals surface area (Å²) in [5, 5.41) is 9.23. The average Bonchev–Trinajstić information content (AvgIpc) is 2.75. The molecular formula is C22H28N4O2. The lowest BCUT2D eigenvalue weighted by molar-refractivity contribution is -0.126.